The van der Waals surface area contributed by atoms with Crippen molar-refractivity contribution in [1.82, 2.24) is 0 Å². The summed E-state index contributed by atoms with van der Waals surface area (Å²) in [7, 11) is 1.32. The third kappa shape index (κ3) is 3.85. The lowest BCUT2D eigenvalue weighted by atomic mass is 10.1. The van der Waals surface area contributed by atoms with Gasteiger partial charge in [0.25, 0.3) is 0 Å². The molecule has 0 saturated heterocycles. The van der Waals surface area contributed by atoms with Crippen LogP contribution in [-0.4, -0.2) is 30.6 Å². The molecule has 120 valence electrons. The predicted octanol–water partition coefficient (Wildman–Crippen LogP) is 2.89. The van der Waals surface area contributed by atoms with Crippen LogP contribution in [0.25, 0.3) is 0 Å². The molecule has 0 saturated carbocycles. The minimum absolute atomic E-state index is 0.0219. The van der Waals surface area contributed by atoms with Crippen molar-refractivity contribution in [3.63, 3.8) is 0 Å². The van der Waals surface area contributed by atoms with Crippen LogP contribution in [0.4, 0.5) is 4.39 Å². The molecule has 0 bridgehead atoms. The Kier molecular flexibility index (Phi) is 4.95. The van der Waals surface area contributed by atoms with Crippen LogP contribution >= 0.6 is 0 Å². The third-order valence-electron chi connectivity index (χ3n) is 3.25. The lowest BCUT2D eigenvalue weighted by Gasteiger charge is -2.07. The summed E-state index contributed by atoms with van der Waals surface area (Å²) in [6.45, 7) is 1.16. The molecule has 0 fully saturated rings. The van der Waals surface area contributed by atoms with E-state index in [1.54, 1.807) is 13.0 Å². The normalized spacial score (nSPS) is 10.2. The van der Waals surface area contributed by atoms with Gasteiger partial charge in [0.15, 0.2) is 24.0 Å². The van der Waals surface area contributed by atoms with Crippen LogP contribution in [0.3, 0.4) is 0 Å². The highest BCUT2D eigenvalue weighted by molar-refractivity contribution is 5.99. The molecule has 6 heteroatoms. The van der Waals surface area contributed by atoms with Gasteiger partial charge in [-0.25, -0.2) is 9.18 Å². The second-order valence-corrected chi connectivity index (χ2v) is 4.85. The quantitative estimate of drug-likeness (QED) is 0.678. The van der Waals surface area contributed by atoms with Gasteiger partial charge >= 0.3 is 5.97 Å². The molecule has 2 aromatic carbocycles. The maximum absolute atomic E-state index is 13.5. The smallest absolute Gasteiger partial charge is 0.338 e. The fraction of sp³-hybridized carbons (Fsp3) is 0.176. The first-order chi connectivity index (χ1) is 10.9. The fourth-order valence-corrected chi connectivity index (χ4v) is 1.87. The van der Waals surface area contributed by atoms with Crippen LogP contribution in [0.5, 0.6) is 11.5 Å². The lowest BCUT2D eigenvalue weighted by molar-refractivity contribution is 0.0474. The minimum Gasteiger partial charge on any atom is -0.508 e. The van der Waals surface area contributed by atoms with Crippen molar-refractivity contribution in [3.05, 3.63) is 58.9 Å². The SMILES string of the molecule is COc1ccc(C(=O)COC(=O)c2ccc(C)c(O)c2)cc1F. The maximum Gasteiger partial charge on any atom is 0.338 e. The number of benzene rings is 2. The summed E-state index contributed by atoms with van der Waals surface area (Å²) in [5.74, 6) is -1.98. The molecular formula is C17H15FO5. The van der Waals surface area contributed by atoms with Crippen molar-refractivity contribution in [2.75, 3.05) is 13.7 Å². The van der Waals surface area contributed by atoms with Crippen LogP contribution in [0.15, 0.2) is 36.4 Å². The largest absolute Gasteiger partial charge is 0.508 e. The molecule has 5 nitrogen and oxygen atoms in total. The molecule has 0 aliphatic carbocycles. The number of aromatic hydroxyl groups is 1. The maximum atomic E-state index is 13.5. The van der Waals surface area contributed by atoms with Gasteiger partial charge in [0.05, 0.1) is 12.7 Å². The second-order valence-electron chi connectivity index (χ2n) is 4.85. The average molecular weight is 318 g/mol. The van der Waals surface area contributed by atoms with E-state index in [0.29, 0.717) is 5.56 Å². The summed E-state index contributed by atoms with van der Waals surface area (Å²) < 4.78 is 23.2. The number of aryl methyl sites for hydroxylation is 1. The number of ketones is 1. The molecule has 0 aliphatic heterocycles. The topological polar surface area (TPSA) is 72.8 Å². The Balaban J connectivity index is 2.02. The number of phenolic OH excluding ortho intramolecular Hbond substituents is 1. The van der Waals surface area contributed by atoms with Gasteiger partial charge in [-0.15, -0.1) is 0 Å². The fourth-order valence-electron chi connectivity index (χ4n) is 1.87. The van der Waals surface area contributed by atoms with Gasteiger partial charge < -0.3 is 14.6 Å². The van der Waals surface area contributed by atoms with E-state index in [0.717, 1.165) is 6.07 Å². The molecule has 0 heterocycles. The second kappa shape index (κ2) is 6.91. The molecule has 23 heavy (non-hydrogen) atoms. The van der Waals surface area contributed by atoms with E-state index in [1.807, 2.05) is 0 Å². The number of carbonyl (C=O) groups is 2. The highest BCUT2D eigenvalue weighted by Gasteiger charge is 2.14. The number of esters is 1. The number of phenols is 1. The molecule has 2 aromatic rings. The highest BCUT2D eigenvalue weighted by atomic mass is 19.1. The van der Waals surface area contributed by atoms with Crippen LogP contribution < -0.4 is 4.74 Å². The first kappa shape index (κ1) is 16.5. The predicted molar refractivity (Wildman–Crippen MR) is 80.4 cm³/mol. The van der Waals surface area contributed by atoms with E-state index in [4.69, 9.17) is 9.47 Å². The molecule has 1 N–H and O–H groups in total. The number of hydrogen-bond acceptors (Lipinski definition) is 5. The van der Waals surface area contributed by atoms with Gasteiger partial charge in [-0.2, -0.15) is 0 Å². The number of ether oxygens (including phenoxy) is 2. The van der Waals surface area contributed by atoms with Gasteiger partial charge in [-0.3, -0.25) is 4.79 Å². The van der Waals surface area contributed by atoms with E-state index >= 15 is 0 Å². The zero-order valence-corrected chi connectivity index (χ0v) is 12.6. The Hall–Kier alpha value is -2.89. The van der Waals surface area contributed by atoms with Crippen LogP contribution in [0, 0.1) is 12.7 Å². The monoisotopic (exact) mass is 318 g/mol. The highest BCUT2D eigenvalue weighted by Crippen LogP contribution is 2.19. The molecule has 0 aliphatic rings. The molecule has 0 unspecified atom stereocenters. The molecule has 0 amide bonds. The van der Waals surface area contributed by atoms with E-state index in [9.17, 15) is 19.1 Å². The molecular weight excluding hydrogens is 303 g/mol. The Bertz CT molecular complexity index is 755. The van der Waals surface area contributed by atoms with Crippen molar-refractivity contribution in [2.24, 2.45) is 0 Å². The standard InChI is InChI=1S/C17H15FO5/c1-10-3-4-12(8-14(10)19)17(21)23-9-15(20)11-5-6-16(22-2)13(18)7-11/h3-8,19H,9H2,1-2H3. The van der Waals surface area contributed by atoms with Crippen LogP contribution in [-0.2, 0) is 4.74 Å². The van der Waals surface area contributed by atoms with E-state index < -0.39 is 24.2 Å². The molecule has 0 radical (unpaired) electrons. The van der Waals surface area contributed by atoms with Gasteiger partial charge in [0.2, 0.25) is 0 Å². The Morgan fingerprint density at radius 1 is 1.13 bits per heavy atom. The first-order valence-electron chi connectivity index (χ1n) is 6.76. The molecule has 0 spiro atoms. The van der Waals surface area contributed by atoms with Crippen molar-refractivity contribution < 1.29 is 28.6 Å². The number of Topliss-reactive ketones (excluding diaryl/α,β-unsaturated/α-hetero) is 1. The zero-order chi connectivity index (χ0) is 17.0. The van der Waals surface area contributed by atoms with E-state index in [2.05, 4.69) is 0 Å². The zero-order valence-electron chi connectivity index (χ0n) is 12.6. The van der Waals surface area contributed by atoms with Gasteiger partial charge in [-0.1, -0.05) is 6.07 Å². The van der Waals surface area contributed by atoms with Crippen LogP contribution in [0.1, 0.15) is 26.3 Å². The van der Waals surface area contributed by atoms with Gasteiger partial charge in [0.1, 0.15) is 5.75 Å². The number of carbonyl (C=O) groups excluding carboxylic acids is 2. The minimum atomic E-state index is -0.748. The number of rotatable bonds is 5. The van der Waals surface area contributed by atoms with E-state index in [-0.39, 0.29) is 22.6 Å². The first-order valence-corrected chi connectivity index (χ1v) is 6.76. The Morgan fingerprint density at radius 3 is 2.43 bits per heavy atom. The Morgan fingerprint density at radius 2 is 1.83 bits per heavy atom. The summed E-state index contributed by atoms with van der Waals surface area (Å²) in [6, 6.07) is 8.03. The third-order valence-corrected chi connectivity index (χ3v) is 3.25. The number of hydrogen-bond donors (Lipinski definition) is 1. The summed E-state index contributed by atoms with van der Waals surface area (Å²) in [6.07, 6.45) is 0. The summed E-state index contributed by atoms with van der Waals surface area (Å²) in [5.41, 5.74) is 0.816. The van der Waals surface area contributed by atoms with Crippen molar-refractivity contribution in [1.29, 1.82) is 0 Å². The molecule has 0 aromatic heterocycles. The van der Waals surface area contributed by atoms with Crippen LogP contribution in [0.2, 0.25) is 0 Å². The van der Waals surface area contributed by atoms with E-state index in [1.165, 1.54) is 31.4 Å². The summed E-state index contributed by atoms with van der Waals surface area (Å²) >= 11 is 0. The molecule has 0 atom stereocenters. The van der Waals surface area contributed by atoms with Crippen molar-refractivity contribution in [3.8, 4) is 11.5 Å². The van der Waals surface area contributed by atoms with Gasteiger partial charge in [0, 0.05) is 5.56 Å². The number of methoxy groups -OCH3 is 1. The van der Waals surface area contributed by atoms with Crippen molar-refractivity contribution in [2.45, 2.75) is 6.92 Å². The summed E-state index contributed by atoms with van der Waals surface area (Å²) in [4.78, 5) is 23.8. The summed E-state index contributed by atoms with van der Waals surface area (Å²) in [5, 5.41) is 9.56. The Labute approximate surface area is 132 Å². The molecule has 2 rings (SSSR count). The van der Waals surface area contributed by atoms with Gasteiger partial charge in [-0.05, 0) is 42.8 Å². The lowest BCUT2D eigenvalue weighted by Crippen LogP contribution is -2.14. The average Bonchev–Trinajstić information content (AvgIpc) is 2.54. The van der Waals surface area contributed by atoms with Crippen molar-refractivity contribution >= 4 is 11.8 Å². The number of halogens is 1.